The number of benzene rings is 2. The largest absolute Gasteiger partial charge is 0.503 e. The Morgan fingerprint density at radius 3 is 2.84 bits per heavy atom. The molecule has 32 heavy (non-hydrogen) atoms. The van der Waals surface area contributed by atoms with Crippen LogP contribution in [-0.4, -0.2) is 39.9 Å². The number of carbonyl (C=O) groups is 1. The van der Waals surface area contributed by atoms with Gasteiger partial charge in [0, 0.05) is 31.5 Å². The molecule has 0 amide bonds. The average molecular weight is 440 g/mol. The SMILES string of the molecule is CO/C=C(/C(=O)OC)c1ccccc1COc1cccc(NCCC2CCCOCC2)c1. The van der Waals surface area contributed by atoms with E-state index in [0.717, 1.165) is 67.5 Å². The number of hydrogen-bond acceptors (Lipinski definition) is 6. The highest BCUT2D eigenvalue weighted by Gasteiger charge is 2.17. The van der Waals surface area contributed by atoms with Gasteiger partial charge in [-0.05, 0) is 54.9 Å². The maximum Gasteiger partial charge on any atom is 0.341 e. The van der Waals surface area contributed by atoms with E-state index >= 15 is 0 Å². The zero-order valence-corrected chi connectivity index (χ0v) is 19.0. The van der Waals surface area contributed by atoms with Crippen molar-refractivity contribution in [2.24, 2.45) is 5.92 Å². The molecule has 1 atom stereocenters. The number of ether oxygens (including phenoxy) is 4. The highest BCUT2D eigenvalue weighted by molar-refractivity contribution is 6.16. The molecule has 1 N–H and O–H groups in total. The van der Waals surface area contributed by atoms with Crippen molar-refractivity contribution in [3.63, 3.8) is 0 Å². The quantitative estimate of drug-likeness (QED) is 0.318. The molecule has 0 bridgehead atoms. The Morgan fingerprint density at radius 2 is 2.00 bits per heavy atom. The summed E-state index contributed by atoms with van der Waals surface area (Å²) in [5, 5.41) is 3.51. The van der Waals surface area contributed by atoms with Gasteiger partial charge >= 0.3 is 5.97 Å². The number of methoxy groups -OCH3 is 2. The second kappa shape index (κ2) is 12.8. The van der Waals surface area contributed by atoms with Crippen molar-refractivity contribution >= 4 is 17.2 Å². The Balaban J connectivity index is 1.59. The molecule has 172 valence electrons. The van der Waals surface area contributed by atoms with Crippen molar-refractivity contribution in [3.8, 4) is 5.75 Å². The lowest BCUT2D eigenvalue weighted by atomic mass is 9.97. The van der Waals surface area contributed by atoms with Crippen LogP contribution in [0.25, 0.3) is 5.57 Å². The highest BCUT2D eigenvalue weighted by Crippen LogP contribution is 2.24. The van der Waals surface area contributed by atoms with Crippen molar-refractivity contribution in [1.82, 2.24) is 0 Å². The van der Waals surface area contributed by atoms with E-state index < -0.39 is 5.97 Å². The van der Waals surface area contributed by atoms with Crippen molar-refractivity contribution in [2.45, 2.75) is 32.3 Å². The summed E-state index contributed by atoms with van der Waals surface area (Å²) >= 11 is 0. The molecule has 1 aliphatic rings. The van der Waals surface area contributed by atoms with Crippen LogP contribution in [0.1, 0.15) is 36.8 Å². The molecular formula is C26H33NO5. The average Bonchev–Trinajstić information content (AvgIpc) is 3.10. The third-order valence-electron chi connectivity index (χ3n) is 5.63. The van der Waals surface area contributed by atoms with Crippen molar-refractivity contribution in [1.29, 1.82) is 0 Å². The molecular weight excluding hydrogens is 406 g/mol. The first-order chi connectivity index (χ1) is 15.7. The molecule has 2 aromatic rings. The number of rotatable bonds is 10. The summed E-state index contributed by atoms with van der Waals surface area (Å²) in [5.41, 5.74) is 2.99. The fraction of sp³-hybridized carbons (Fsp3) is 0.423. The first-order valence-electron chi connectivity index (χ1n) is 11.1. The lowest BCUT2D eigenvalue weighted by Crippen LogP contribution is -2.10. The van der Waals surface area contributed by atoms with Crippen LogP contribution in [0.3, 0.4) is 0 Å². The van der Waals surface area contributed by atoms with Gasteiger partial charge in [0.05, 0.1) is 20.5 Å². The Bertz CT molecular complexity index is 887. The number of esters is 1. The fourth-order valence-corrected chi connectivity index (χ4v) is 3.89. The molecule has 0 spiro atoms. The normalized spacial score (nSPS) is 16.7. The second-order valence-electron chi connectivity index (χ2n) is 7.86. The van der Waals surface area contributed by atoms with Gasteiger partial charge in [0.25, 0.3) is 0 Å². The van der Waals surface area contributed by atoms with E-state index in [2.05, 4.69) is 5.32 Å². The van der Waals surface area contributed by atoms with Crippen LogP contribution in [0, 0.1) is 5.92 Å². The minimum Gasteiger partial charge on any atom is -0.503 e. The van der Waals surface area contributed by atoms with E-state index in [4.69, 9.17) is 18.9 Å². The molecule has 1 unspecified atom stereocenters. The predicted octanol–water partition coefficient (Wildman–Crippen LogP) is 5.04. The molecule has 0 radical (unpaired) electrons. The van der Waals surface area contributed by atoms with Gasteiger partial charge in [0.2, 0.25) is 0 Å². The third-order valence-corrected chi connectivity index (χ3v) is 5.63. The van der Waals surface area contributed by atoms with Gasteiger partial charge in [-0.2, -0.15) is 0 Å². The summed E-state index contributed by atoms with van der Waals surface area (Å²) < 4.78 is 21.6. The van der Waals surface area contributed by atoms with Gasteiger partial charge in [0.15, 0.2) is 0 Å². The first kappa shape index (κ1) is 23.7. The van der Waals surface area contributed by atoms with Crippen LogP contribution in [0.4, 0.5) is 5.69 Å². The molecule has 1 fully saturated rings. The van der Waals surface area contributed by atoms with Gasteiger partial charge in [-0.15, -0.1) is 0 Å². The topological polar surface area (TPSA) is 66.0 Å². The summed E-state index contributed by atoms with van der Waals surface area (Å²) in [7, 11) is 2.86. The van der Waals surface area contributed by atoms with Crippen molar-refractivity contribution in [2.75, 3.05) is 39.3 Å². The molecule has 6 nitrogen and oxygen atoms in total. The third kappa shape index (κ3) is 7.02. The summed E-state index contributed by atoms with van der Waals surface area (Å²) in [6.45, 7) is 3.03. The highest BCUT2D eigenvalue weighted by atomic mass is 16.5. The van der Waals surface area contributed by atoms with Crippen LogP contribution in [0.15, 0.2) is 54.8 Å². The minimum atomic E-state index is -0.453. The number of nitrogens with one attached hydrogen (secondary N) is 1. The van der Waals surface area contributed by atoms with E-state index in [1.807, 2.05) is 48.5 Å². The lowest BCUT2D eigenvalue weighted by molar-refractivity contribution is -0.133. The first-order valence-corrected chi connectivity index (χ1v) is 11.1. The molecule has 1 heterocycles. The summed E-state index contributed by atoms with van der Waals surface area (Å²) in [5.74, 6) is 1.04. The standard InChI is InChI=1S/C26H33NO5/c1-29-19-25(26(28)30-2)24-11-4-3-8-21(24)18-32-23-10-5-9-22(17-23)27-14-12-20-7-6-15-31-16-13-20/h3-5,8-11,17,19-20,27H,6-7,12-16,18H2,1-2H3/b25-19+. The summed E-state index contributed by atoms with van der Waals surface area (Å²) in [4.78, 5) is 12.2. The zero-order chi connectivity index (χ0) is 22.6. The van der Waals surface area contributed by atoms with E-state index in [1.165, 1.54) is 26.9 Å². The maximum atomic E-state index is 12.2. The minimum absolute atomic E-state index is 0.319. The van der Waals surface area contributed by atoms with Crippen LogP contribution in [0.5, 0.6) is 5.75 Å². The molecule has 3 rings (SSSR count). The Labute approximate surface area is 190 Å². The zero-order valence-electron chi connectivity index (χ0n) is 19.0. The van der Waals surface area contributed by atoms with E-state index in [-0.39, 0.29) is 0 Å². The Kier molecular flexibility index (Phi) is 9.44. The summed E-state index contributed by atoms with van der Waals surface area (Å²) in [6, 6.07) is 15.5. The van der Waals surface area contributed by atoms with Crippen LogP contribution >= 0.6 is 0 Å². The molecule has 0 saturated carbocycles. The van der Waals surface area contributed by atoms with Gasteiger partial charge in [-0.25, -0.2) is 4.79 Å². The smallest absolute Gasteiger partial charge is 0.341 e. The van der Waals surface area contributed by atoms with Gasteiger partial charge in [-0.1, -0.05) is 30.3 Å². The number of anilines is 1. The Hall–Kier alpha value is -2.99. The Morgan fingerprint density at radius 1 is 1.12 bits per heavy atom. The monoisotopic (exact) mass is 439 g/mol. The fourth-order valence-electron chi connectivity index (χ4n) is 3.89. The van der Waals surface area contributed by atoms with Crippen LogP contribution in [-0.2, 0) is 25.6 Å². The predicted molar refractivity (Wildman–Crippen MR) is 125 cm³/mol. The number of hydrogen-bond donors (Lipinski definition) is 1. The lowest BCUT2D eigenvalue weighted by Gasteiger charge is -2.15. The molecule has 2 aromatic carbocycles. The molecule has 6 heteroatoms. The molecule has 0 aliphatic carbocycles. The van der Waals surface area contributed by atoms with E-state index in [1.54, 1.807) is 0 Å². The van der Waals surface area contributed by atoms with Gasteiger partial charge in [-0.3, -0.25) is 0 Å². The van der Waals surface area contributed by atoms with Crippen molar-refractivity contribution < 1.29 is 23.7 Å². The number of carbonyl (C=O) groups excluding carboxylic acids is 1. The molecule has 0 aromatic heterocycles. The maximum absolute atomic E-state index is 12.2. The molecule has 1 aliphatic heterocycles. The van der Waals surface area contributed by atoms with Crippen LogP contribution in [0.2, 0.25) is 0 Å². The van der Waals surface area contributed by atoms with Gasteiger partial charge in [0.1, 0.15) is 17.9 Å². The summed E-state index contributed by atoms with van der Waals surface area (Å²) in [6.07, 6.45) is 6.09. The van der Waals surface area contributed by atoms with Crippen LogP contribution < -0.4 is 10.1 Å². The van der Waals surface area contributed by atoms with E-state index in [9.17, 15) is 4.79 Å². The van der Waals surface area contributed by atoms with E-state index in [0.29, 0.717) is 12.2 Å². The molecule has 1 saturated heterocycles. The van der Waals surface area contributed by atoms with Crippen molar-refractivity contribution in [3.05, 3.63) is 65.9 Å². The van der Waals surface area contributed by atoms with Gasteiger partial charge < -0.3 is 24.3 Å². The second-order valence-corrected chi connectivity index (χ2v) is 7.86.